The molecule has 0 saturated carbocycles. The number of guanidine groups is 1. The highest BCUT2D eigenvalue weighted by Crippen LogP contribution is 2.10. The zero-order valence-corrected chi connectivity index (χ0v) is 17.4. The Morgan fingerprint density at radius 2 is 2.15 bits per heavy atom. The first-order valence-corrected chi connectivity index (χ1v) is 9.21. The molecule has 2 aliphatic rings. The van der Waals surface area contributed by atoms with Gasteiger partial charge in [-0.2, -0.15) is 0 Å². The molecule has 8 heteroatoms. The number of amides is 1. The fourth-order valence-electron chi connectivity index (χ4n) is 3.13. The van der Waals surface area contributed by atoms with E-state index in [0.717, 1.165) is 64.3 Å². The van der Waals surface area contributed by atoms with Gasteiger partial charge in [-0.25, -0.2) is 4.99 Å². The molecule has 1 atom stereocenters. The maximum Gasteiger partial charge on any atom is 0.244 e. The van der Waals surface area contributed by atoms with Gasteiger partial charge in [-0.1, -0.05) is 0 Å². The number of halogens is 1. The monoisotopic (exact) mass is 476 g/mol. The third-order valence-electron chi connectivity index (χ3n) is 4.66. The van der Waals surface area contributed by atoms with Gasteiger partial charge < -0.3 is 24.7 Å². The predicted molar refractivity (Wildman–Crippen MR) is 111 cm³/mol. The van der Waals surface area contributed by atoms with E-state index in [-0.39, 0.29) is 36.4 Å². The van der Waals surface area contributed by atoms with Crippen molar-refractivity contribution in [3.63, 3.8) is 0 Å². The number of hydrogen-bond donors (Lipinski definition) is 2. The van der Waals surface area contributed by atoms with E-state index in [2.05, 4.69) is 15.6 Å². The van der Waals surface area contributed by atoms with E-state index >= 15 is 0 Å². The Balaban J connectivity index is 0.00000243. The molecular weight excluding hydrogens is 447 g/mol. The van der Waals surface area contributed by atoms with Gasteiger partial charge >= 0.3 is 0 Å². The van der Waals surface area contributed by atoms with Crippen LogP contribution in [-0.2, 0) is 16.0 Å². The van der Waals surface area contributed by atoms with Crippen molar-refractivity contribution in [2.75, 3.05) is 45.9 Å². The van der Waals surface area contributed by atoms with Crippen molar-refractivity contribution in [2.24, 2.45) is 10.9 Å². The van der Waals surface area contributed by atoms with Gasteiger partial charge in [-0.15, -0.1) is 24.0 Å². The minimum absolute atomic E-state index is 0. The van der Waals surface area contributed by atoms with Crippen LogP contribution in [-0.4, -0.2) is 62.7 Å². The number of nitrogens with one attached hydrogen (secondary N) is 2. The topological polar surface area (TPSA) is 79.1 Å². The highest BCUT2D eigenvalue weighted by Gasteiger charge is 2.18. The third kappa shape index (κ3) is 6.79. The Labute approximate surface area is 171 Å². The molecule has 3 rings (SSSR count). The van der Waals surface area contributed by atoms with Crippen molar-refractivity contribution in [1.29, 1.82) is 0 Å². The van der Waals surface area contributed by atoms with Crippen LogP contribution < -0.4 is 10.6 Å². The average molecular weight is 476 g/mol. The van der Waals surface area contributed by atoms with Gasteiger partial charge in [-0.3, -0.25) is 4.79 Å². The summed E-state index contributed by atoms with van der Waals surface area (Å²) >= 11 is 0. The van der Waals surface area contributed by atoms with Gasteiger partial charge in [0.2, 0.25) is 5.91 Å². The van der Waals surface area contributed by atoms with Crippen LogP contribution in [0.3, 0.4) is 0 Å². The van der Waals surface area contributed by atoms with Gasteiger partial charge in [0.05, 0.1) is 12.9 Å². The Morgan fingerprint density at radius 3 is 2.85 bits per heavy atom. The molecule has 0 bridgehead atoms. The summed E-state index contributed by atoms with van der Waals surface area (Å²) in [6.07, 6.45) is 5.73. The Kier molecular flexibility index (Phi) is 9.24. The predicted octanol–water partition coefficient (Wildman–Crippen LogP) is 1.63. The molecule has 1 aromatic rings. The smallest absolute Gasteiger partial charge is 0.244 e. The van der Waals surface area contributed by atoms with Crippen LogP contribution in [0.5, 0.6) is 0 Å². The number of likely N-dealkylation sites (tertiary alicyclic amines) is 1. The molecule has 2 fully saturated rings. The number of rotatable bonds is 7. The lowest BCUT2D eigenvalue weighted by Gasteiger charge is -2.16. The van der Waals surface area contributed by atoms with Crippen LogP contribution in [0.4, 0.5) is 0 Å². The van der Waals surface area contributed by atoms with E-state index in [1.807, 2.05) is 17.0 Å². The Bertz CT molecular complexity index is 553. The molecule has 1 aromatic heterocycles. The second-order valence-electron chi connectivity index (χ2n) is 6.62. The molecule has 3 heterocycles. The van der Waals surface area contributed by atoms with Gasteiger partial charge in [0, 0.05) is 45.1 Å². The van der Waals surface area contributed by atoms with E-state index < -0.39 is 0 Å². The number of ether oxygens (including phenoxy) is 1. The summed E-state index contributed by atoms with van der Waals surface area (Å²) in [6.45, 7) is 5.06. The summed E-state index contributed by atoms with van der Waals surface area (Å²) in [5.74, 6) is 2.23. The van der Waals surface area contributed by atoms with Crippen molar-refractivity contribution in [1.82, 2.24) is 15.5 Å². The average Bonchev–Trinajstić information content (AvgIpc) is 3.39. The SMILES string of the molecule is I.O=C(CN=C(NCCc1ccco1)NCC1CCOC1)N1CCCC1. The van der Waals surface area contributed by atoms with Crippen LogP contribution in [0, 0.1) is 5.92 Å². The largest absolute Gasteiger partial charge is 0.469 e. The minimum Gasteiger partial charge on any atom is -0.469 e. The van der Waals surface area contributed by atoms with Crippen LogP contribution in [0.1, 0.15) is 25.0 Å². The fourth-order valence-corrected chi connectivity index (χ4v) is 3.13. The number of aliphatic imine (C=N–C) groups is 1. The van der Waals surface area contributed by atoms with Crippen molar-refractivity contribution in [2.45, 2.75) is 25.7 Å². The Hall–Kier alpha value is -1.29. The van der Waals surface area contributed by atoms with Gasteiger partial charge in [0.25, 0.3) is 0 Å². The van der Waals surface area contributed by atoms with Gasteiger partial charge in [-0.05, 0) is 31.4 Å². The van der Waals surface area contributed by atoms with Crippen molar-refractivity contribution in [3.05, 3.63) is 24.2 Å². The molecular formula is C18H29IN4O3. The summed E-state index contributed by atoms with van der Waals surface area (Å²) in [5.41, 5.74) is 0. The van der Waals surface area contributed by atoms with E-state index in [9.17, 15) is 4.79 Å². The summed E-state index contributed by atoms with van der Waals surface area (Å²) in [7, 11) is 0. The van der Waals surface area contributed by atoms with Gasteiger partial charge in [0.15, 0.2) is 5.96 Å². The number of nitrogens with zero attached hydrogens (tertiary/aromatic N) is 2. The summed E-state index contributed by atoms with van der Waals surface area (Å²) in [4.78, 5) is 18.6. The van der Waals surface area contributed by atoms with Crippen LogP contribution >= 0.6 is 24.0 Å². The second-order valence-corrected chi connectivity index (χ2v) is 6.62. The summed E-state index contributed by atoms with van der Waals surface area (Å²) in [6, 6.07) is 3.84. The molecule has 0 aliphatic carbocycles. The zero-order chi connectivity index (χ0) is 17.3. The lowest BCUT2D eigenvalue weighted by Crippen LogP contribution is -2.42. The minimum atomic E-state index is 0. The molecule has 2 N–H and O–H groups in total. The summed E-state index contributed by atoms with van der Waals surface area (Å²) in [5, 5.41) is 6.64. The molecule has 1 amide bonds. The van der Waals surface area contributed by atoms with Crippen molar-refractivity contribution < 1.29 is 13.9 Å². The maximum absolute atomic E-state index is 12.2. The zero-order valence-electron chi connectivity index (χ0n) is 15.1. The molecule has 2 saturated heterocycles. The van der Waals surface area contributed by atoms with Crippen molar-refractivity contribution >= 4 is 35.8 Å². The van der Waals surface area contributed by atoms with E-state index in [1.165, 1.54) is 0 Å². The van der Waals surface area contributed by atoms with Gasteiger partial charge in [0.1, 0.15) is 12.3 Å². The van der Waals surface area contributed by atoms with Crippen LogP contribution in [0.2, 0.25) is 0 Å². The fraction of sp³-hybridized carbons (Fsp3) is 0.667. The maximum atomic E-state index is 12.2. The van der Waals surface area contributed by atoms with E-state index in [4.69, 9.17) is 9.15 Å². The van der Waals surface area contributed by atoms with Crippen LogP contribution in [0.25, 0.3) is 0 Å². The first kappa shape index (κ1) is 21.0. The second kappa shape index (κ2) is 11.4. The number of hydrogen-bond acceptors (Lipinski definition) is 4. The van der Waals surface area contributed by atoms with Crippen molar-refractivity contribution in [3.8, 4) is 0 Å². The first-order chi connectivity index (χ1) is 12.3. The molecule has 0 spiro atoms. The lowest BCUT2D eigenvalue weighted by atomic mass is 10.1. The molecule has 2 aliphatic heterocycles. The highest BCUT2D eigenvalue weighted by molar-refractivity contribution is 14.0. The molecule has 0 radical (unpaired) electrons. The molecule has 0 aromatic carbocycles. The lowest BCUT2D eigenvalue weighted by molar-refractivity contribution is -0.128. The number of carbonyl (C=O) groups is 1. The molecule has 1 unspecified atom stereocenters. The Morgan fingerprint density at radius 1 is 1.31 bits per heavy atom. The number of carbonyl (C=O) groups excluding carboxylic acids is 1. The van der Waals surface area contributed by atoms with Crippen LogP contribution in [0.15, 0.2) is 27.8 Å². The van der Waals surface area contributed by atoms with E-state index in [1.54, 1.807) is 6.26 Å². The highest BCUT2D eigenvalue weighted by atomic mass is 127. The van der Waals surface area contributed by atoms with E-state index in [0.29, 0.717) is 18.4 Å². The quantitative estimate of drug-likeness (QED) is 0.356. The molecule has 7 nitrogen and oxygen atoms in total. The molecule has 146 valence electrons. The third-order valence-corrected chi connectivity index (χ3v) is 4.66. The standard InChI is InChI=1S/C18H28N4O3.HI/c23-17(22-8-1-2-9-22)13-21-18(20-12-15-6-11-24-14-15)19-7-5-16-4-3-10-25-16;/h3-4,10,15H,1-2,5-9,11-14H2,(H2,19,20,21);1H. The normalized spacial score (nSPS) is 20.1. The summed E-state index contributed by atoms with van der Waals surface area (Å²) < 4.78 is 10.8. The molecule has 26 heavy (non-hydrogen) atoms. The first-order valence-electron chi connectivity index (χ1n) is 9.21. The number of furan rings is 1.